The summed E-state index contributed by atoms with van der Waals surface area (Å²) in [5, 5.41) is 0. The maximum Gasteiger partial charge on any atom is 0.311 e. The zero-order valence-corrected chi connectivity index (χ0v) is 23.7. The quantitative estimate of drug-likeness (QED) is 0.108. The van der Waals surface area contributed by atoms with Gasteiger partial charge in [-0.1, -0.05) is 105 Å². The van der Waals surface area contributed by atoms with Crippen LogP contribution in [0.5, 0.6) is 0 Å². The van der Waals surface area contributed by atoms with Gasteiger partial charge >= 0.3 is 11.9 Å². The number of unbranched alkanes of at least 4 members (excludes halogenated alkanes) is 10. The molecule has 0 aliphatic carbocycles. The largest absolute Gasteiger partial charge is 0.466 e. The summed E-state index contributed by atoms with van der Waals surface area (Å²) in [5.41, 5.74) is -0.382. The van der Waals surface area contributed by atoms with Gasteiger partial charge in [-0.05, 0) is 51.4 Å². The summed E-state index contributed by atoms with van der Waals surface area (Å²) >= 11 is 0. The number of hydrogen-bond acceptors (Lipinski definition) is 4. The normalized spacial score (nSPS) is 11.9. The van der Waals surface area contributed by atoms with E-state index >= 15 is 0 Å². The molecule has 0 fully saturated rings. The SMILES string of the molecule is CC(C)CCCCCOC(=O)CCCCCCCCCC(C)(C)C(=O)OCCCCCC(C)C. The summed E-state index contributed by atoms with van der Waals surface area (Å²) in [5.74, 6) is 1.44. The molecule has 4 heteroatoms. The molecule has 0 rings (SSSR count). The molecular formula is C30H58O4. The van der Waals surface area contributed by atoms with E-state index in [4.69, 9.17) is 9.47 Å². The summed E-state index contributed by atoms with van der Waals surface area (Å²) in [6.07, 6.45) is 18.5. The van der Waals surface area contributed by atoms with Gasteiger partial charge in [-0.25, -0.2) is 0 Å². The molecule has 0 spiro atoms. The monoisotopic (exact) mass is 482 g/mol. The van der Waals surface area contributed by atoms with Crippen molar-refractivity contribution in [2.75, 3.05) is 13.2 Å². The Kier molecular flexibility index (Phi) is 20.6. The Hall–Kier alpha value is -1.06. The van der Waals surface area contributed by atoms with Crippen molar-refractivity contribution in [2.24, 2.45) is 17.3 Å². The molecule has 0 unspecified atom stereocenters. The summed E-state index contributed by atoms with van der Waals surface area (Å²) < 4.78 is 10.9. The standard InChI is InChI=1S/C30H58O4/c1-26(2)20-14-12-18-24-33-28(31)22-16-10-8-7-9-11-17-23-30(5,6)29(32)34-25-19-13-15-21-27(3)4/h26-27H,7-25H2,1-6H3. The number of hydrogen-bond donors (Lipinski definition) is 0. The molecule has 4 nitrogen and oxygen atoms in total. The van der Waals surface area contributed by atoms with Crippen molar-refractivity contribution in [1.82, 2.24) is 0 Å². The third-order valence-corrected chi connectivity index (χ3v) is 6.58. The molecule has 0 saturated heterocycles. The molecule has 202 valence electrons. The Morgan fingerprint density at radius 3 is 1.56 bits per heavy atom. The average molecular weight is 483 g/mol. The summed E-state index contributed by atoms with van der Waals surface area (Å²) in [6.45, 7) is 14.2. The molecular weight excluding hydrogens is 424 g/mol. The maximum absolute atomic E-state index is 12.4. The third-order valence-electron chi connectivity index (χ3n) is 6.58. The Morgan fingerprint density at radius 2 is 1.03 bits per heavy atom. The molecule has 0 aromatic heterocycles. The minimum Gasteiger partial charge on any atom is -0.466 e. The number of carbonyl (C=O) groups excluding carboxylic acids is 2. The van der Waals surface area contributed by atoms with E-state index in [1.807, 2.05) is 13.8 Å². The predicted molar refractivity (Wildman–Crippen MR) is 144 cm³/mol. The predicted octanol–water partition coefficient (Wildman–Crippen LogP) is 9.04. The highest BCUT2D eigenvalue weighted by atomic mass is 16.5. The van der Waals surface area contributed by atoms with Gasteiger partial charge in [0.25, 0.3) is 0 Å². The molecule has 0 aromatic carbocycles. The Bertz CT molecular complexity index is 496. The summed E-state index contributed by atoms with van der Waals surface area (Å²) in [4.78, 5) is 24.2. The lowest BCUT2D eigenvalue weighted by Gasteiger charge is -2.22. The van der Waals surface area contributed by atoms with Crippen molar-refractivity contribution >= 4 is 11.9 Å². The van der Waals surface area contributed by atoms with Crippen molar-refractivity contribution < 1.29 is 19.1 Å². The second-order valence-corrected chi connectivity index (χ2v) is 11.7. The lowest BCUT2D eigenvalue weighted by Crippen LogP contribution is -2.27. The van der Waals surface area contributed by atoms with Crippen molar-refractivity contribution in [2.45, 2.75) is 151 Å². The summed E-state index contributed by atoms with van der Waals surface area (Å²) in [7, 11) is 0. The van der Waals surface area contributed by atoms with Gasteiger partial charge in [0.05, 0.1) is 18.6 Å². The topological polar surface area (TPSA) is 52.6 Å². The van der Waals surface area contributed by atoms with Crippen LogP contribution in [0, 0.1) is 17.3 Å². The van der Waals surface area contributed by atoms with Crippen LogP contribution < -0.4 is 0 Å². The first kappa shape index (κ1) is 32.9. The third kappa shape index (κ3) is 21.5. The molecule has 0 heterocycles. The first-order valence-electron chi connectivity index (χ1n) is 14.5. The zero-order chi connectivity index (χ0) is 25.7. The van der Waals surface area contributed by atoms with Gasteiger partial charge < -0.3 is 9.47 Å². The van der Waals surface area contributed by atoms with Gasteiger partial charge in [-0.15, -0.1) is 0 Å². The van der Waals surface area contributed by atoms with Crippen LogP contribution in [0.15, 0.2) is 0 Å². The Balaban J connectivity index is 3.54. The van der Waals surface area contributed by atoms with Gasteiger partial charge in [-0.3, -0.25) is 9.59 Å². The van der Waals surface area contributed by atoms with Crippen molar-refractivity contribution in [1.29, 1.82) is 0 Å². The molecule has 0 radical (unpaired) electrons. The van der Waals surface area contributed by atoms with E-state index in [0.717, 1.165) is 69.6 Å². The van der Waals surface area contributed by atoms with E-state index in [0.29, 0.717) is 19.6 Å². The number of carbonyl (C=O) groups is 2. The molecule has 34 heavy (non-hydrogen) atoms. The van der Waals surface area contributed by atoms with E-state index in [2.05, 4.69) is 27.7 Å². The molecule has 0 aliphatic heterocycles. The first-order valence-corrected chi connectivity index (χ1v) is 14.5. The molecule has 0 aromatic rings. The Labute approximate surface area is 212 Å². The molecule has 0 aliphatic rings. The highest BCUT2D eigenvalue weighted by Crippen LogP contribution is 2.26. The van der Waals surface area contributed by atoms with Crippen LogP contribution in [-0.4, -0.2) is 25.2 Å². The van der Waals surface area contributed by atoms with Crippen LogP contribution in [0.3, 0.4) is 0 Å². The van der Waals surface area contributed by atoms with E-state index in [-0.39, 0.29) is 17.4 Å². The van der Waals surface area contributed by atoms with Crippen LogP contribution in [0.4, 0.5) is 0 Å². The van der Waals surface area contributed by atoms with Gasteiger partial charge in [0.2, 0.25) is 0 Å². The average Bonchev–Trinajstić information content (AvgIpc) is 2.76. The van der Waals surface area contributed by atoms with E-state index < -0.39 is 0 Å². The van der Waals surface area contributed by atoms with Crippen LogP contribution in [0.2, 0.25) is 0 Å². The fraction of sp³-hybridized carbons (Fsp3) is 0.933. The number of rotatable bonds is 23. The Morgan fingerprint density at radius 1 is 0.588 bits per heavy atom. The van der Waals surface area contributed by atoms with E-state index in [1.165, 1.54) is 44.9 Å². The minimum absolute atomic E-state index is 0.0338. The smallest absolute Gasteiger partial charge is 0.311 e. The number of esters is 2. The van der Waals surface area contributed by atoms with Crippen molar-refractivity contribution in [3.63, 3.8) is 0 Å². The van der Waals surface area contributed by atoms with Crippen LogP contribution >= 0.6 is 0 Å². The summed E-state index contributed by atoms with van der Waals surface area (Å²) in [6, 6.07) is 0. The van der Waals surface area contributed by atoms with Gasteiger partial charge in [0, 0.05) is 6.42 Å². The van der Waals surface area contributed by atoms with E-state index in [9.17, 15) is 9.59 Å². The van der Waals surface area contributed by atoms with Crippen molar-refractivity contribution in [3.8, 4) is 0 Å². The van der Waals surface area contributed by atoms with E-state index in [1.54, 1.807) is 0 Å². The number of ether oxygens (including phenoxy) is 2. The molecule has 0 saturated carbocycles. The second kappa shape index (κ2) is 21.2. The van der Waals surface area contributed by atoms with Gasteiger partial charge in [0.15, 0.2) is 0 Å². The molecule has 0 bridgehead atoms. The van der Waals surface area contributed by atoms with Crippen molar-refractivity contribution in [3.05, 3.63) is 0 Å². The second-order valence-electron chi connectivity index (χ2n) is 11.7. The molecule has 0 amide bonds. The lowest BCUT2D eigenvalue weighted by molar-refractivity contribution is -0.154. The fourth-order valence-electron chi connectivity index (χ4n) is 4.10. The fourth-order valence-corrected chi connectivity index (χ4v) is 4.10. The van der Waals surface area contributed by atoms with Crippen LogP contribution in [0.1, 0.15) is 151 Å². The molecule has 0 N–H and O–H groups in total. The molecule has 0 atom stereocenters. The zero-order valence-electron chi connectivity index (χ0n) is 23.7. The highest BCUT2D eigenvalue weighted by Gasteiger charge is 2.28. The van der Waals surface area contributed by atoms with Gasteiger partial charge in [0.1, 0.15) is 0 Å². The van der Waals surface area contributed by atoms with Crippen LogP contribution in [-0.2, 0) is 19.1 Å². The van der Waals surface area contributed by atoms with Gasteiger partial charge in [-0.2, -0.15) is 0 Å². The first-order chi connectivity index (χ1) is 16.1. The maximum atomic E-state index is 12.4. The van der Waals surface area contributed by atoms with Crippen LogP contribution in [0.25, 0.3) is 0 Å². The highest BCUT2D eigenvalue weighted by molar-refractivity contribution is 5.75. The lowest BCUT2D eigenvalue weighted by atomic mass is 9.87. The minimum atomic E-state index is -0.382.